The van der Waals surface area contributed by atoms with E-state index < -0.39 is 17.8 Å². The predicted molar refractivity (Wildman–Crippen MR) is 90.9 cm³/mol. The molecule has 0 atom stereocenters. The second-order valence-electron chi connectivity index (χ2n) is 5.71. The molecular weight excluding hydrogens is 349 g/mol. The lowest BCUT2D eigenvalue weighted by molar-refractivity contribution is -0.141. The first-order valence-corrected chi connectivity index (χ1v) is 7.67. The van der Waals surface area contributed by atoms with Gasteiger partial charge in [0.1, 0.15) is 5.69 Å². The first kappa shape index (κ1) is 19.2. The highest BCUT2D eigenvalue weighted by Gasteiger charge is 2.32. The number of rotatable bonds is 4. The van der Waals surface area contributed by atoms with Gasteiger partial charge in [-0.05, 0) is 50.2 Å². The van der Waals surface area contributed by atoms with Crippen molar-refractivity contribution in [2.45, 2.75) is 26.1 Å². The predicted octanol–water partition coefficient (Wildman–Crippen LogP) is 3.88. The van der Waals surface area contributed by atoms with Gasteiger partial charge in [-0.2, -0.15) is 13.2 Å². The zero-order valence-electron chi connectivity index (χ0n) is 14.0. The average molecular weight is 366 g/mol. The van der Waals surface area contributed by atoms with Crippen LogP contribution in [0, 0.1) is 0 Å². The molecule has 1 aromatic heterocycles. The van der Waals surface area contributed by atoms with Crippen molar-refractivity contribution in [2.24, 2.45) is 0 Å². The molecule has 26 heavy (non-hydrogen) atoms. The molecule has 0 radical (unpaired) electrons. The van der Waals surface area contributed by atoms with Crippen molar-refractivity contribution >= 4 is 23.3 Å². The monoisotopic (exact) mass is 366 g/mol. The van der Waals surface area contributed by atoms with Crippen LogP contribution in [0.1, 0.15) is 29.9 Å². The summed E-state index contributed by atoms with van der Waals surface area (Å²) >= 11 is 0. The minimum absolute atomic E-state index is 0.00323. The van der Waals surface area contributed by atoms with Crippen LogP contribution in [0.15, 0.2) is 42.6 Å². The molecule has 2 rings (SSSR count). The van der Waals surface area contributed by atoms with E-state index in [2.05, 4.69) is 20.9 Å². The number of alkyl halides is 3. The van der Waals surface area contributed by atoms with E-state index >= 15 is 0 Å². The van der Waals surface area contributed by atoms with Crippen LogP contribution in [0.3, 0.4) is 0 Å². The molecule has 0 saturated heterocycles. The van der Waals surface area contributed by atoms with Crippen LogP contribution in [-0.2, 0) is 6.18 Å². The fraction of sp³-hybridized carbons (Fsp3) is 0.235. The molecule has 3 N–H and O–H groups in total. The molecule has 6 nitrogen and oxygen atoms in total. The number of anilines is 2. The smallest absolute Gasteiger partial charge is 0.336 e. The van der Waals surface area contributed by atoms with E-state index in [-0.39, 0.29) is 17.6 Å². The van der Waals surface area contributed by atoms with Crippen molar-refractivity contribution in [1.82, 2.24) is 10.3 Å². The van der Waals surface area contributed by atoms with Crippen molar-refractivity contribution in [3.05, 3.63) is 53.9 Å². The van der Waals surface area contributed by atoms with E-state index in [1.165, 1.54) is 0 Å². The number of urea groups is 1. The Labute approximate surface area is 147 Å². The Morgan fingerprint density at radius 1 is 0.962 bits per heavy atom. The maximum absolute atomic E-state index is 12.5. The molecule has 2 aromatic rings. The number of amides is 3. The molecule has 1 heterocycles. The van der Waals surface area contributed by atoms with E-state index in [4.69, 9.17) is 0 Å². The number of hydrogen-bond donors (Lipinski definition) is 3. The van der Waals surface area contributed by atoms with Crippen LogP contribution in [0.2, 0.25) is 0 Å². The topological polar surface area (TPSA) is 83.1 Å². The molecule has 9 heteroatoms. The van der Waals surface area contributed by atoms with Crippen molar-refractivity contribution in [2.75, 3.05) is 10.6 Å². The second-order valence-corrected chi connectivity index (χ2v) is 5.71. The van der Waals surface area contributed by atoms with Gasteiger partial charge in [0.25, 0.3) is 5.91 Å². The quantitative estimate of drug-likeness (QED) is 0.768. The van der Waals surface area contributed by atoms with E-state index in [1.54, 1.807) is 24.3 Å². The summed E-state index contributed by atoms with van der Waals surface area (Å²) in [4.78, 5) is 26.9. The third-order valence-electron chi connectivity index (χ3n) is 3.14. The van der Waals surface area contributed by atoms with Gasteiger partial charge in [-0.25, -0.2) is 4.79 Å². The van der Waals surface area contributed by atoms with Gasteiger partial charge in [-0.15, -0.1) is 0 Å². The summed E-state index contributed by atoms with van der Waals surface area (Å²) in [5.41, 5.74) is -0.122. The molecule has 0 bridgehead atoms. The third-order valence-corrected chi connectivity index (χ3v) is 3.14. The summed E-state index contributed by atoms with van der Waals surface area (Å²) in [7, 11) is 0. The van der Waals surface area contributed by atoms with Crippen molar-refractivity contribution < 1.29 is 22.8 Å². The first-order chi connectivity index (χ1) is 12.1. The molecule has 0 saturated carbocycles. The number of benzene rings is 1. The number of hydrogen-bond acceptors (Lipinski definition) is 3. The number of carbonyl (C=O) groups excluding carboxylic acids is 2. The Hall–Kier alpha value is -3.10. The number of nitrogens with one attached hydrogen (secondary N) is 3. The van der Waals surface area contributed by atoms with Gasteiger partial charge in [0, 0.05) is 23.6 Å². The van der Waals surface area contributed by atoms with Gasteiger partial charge >= 0.3 is 12.2 Å². The van der Waals surface area contributed by atoms with Gasteiger partial charge in [0.2, 0.25) is 0 Å². The minimum Gasteiger partial charge on any atom is -0.336 e. The van der Waals surface area contributed by atoms with E-state index in [0.29, 0.717) is 11.4 Å². The maximum atomic E-state index is 12.5. The zero-order valence-corrected chi connectivity index (χ0v) is 14.0. The van der Waals surface area contributed by atoms with Crippen LogP contribution < -0.4 is 16.0 Å². The number of aromatic nitrogens is 1. The molecule has 0 spiro atoms. The third kappa shape index (κ3) is 5.47. The fourth-order valence-electron chi connectivity index (χ4n) is 1.97. The van der Waals surface area contributed by atoms with Gasteiger partial charge < -0.3 is 16.0 Å². The number of carbonyl (C=O) groups is 2. The highest BCUT2D eigenvalue weighted by molar-refractivity contribution is 6.04. The number of pyridine rings is 1. The SMILES string of the molecule is CC(C)NC(=O)Nc1ccc(NC(=O)c2ccc(C(F)(F)F)nc2)cc1. The summed E-state index contributed by atoms with van der Waals surface area (Å²) in [6, 6.07) is 7.72. The van der Waals surface area contributed by atoms with Crippen LogP contribution in [0.4, 0.5) is 29.3 Å². The molecule has 0 aliphatic carbocycles. The molecular formula is C17H17F3N4O2. The summed E-state index contributed by atoms with van der Waals surface area (Å²) < 4.78 is 37.4. The minimum atomic E-state index is -4.56. The second kappa shape index (κ2) is 7.85. The molecule has 138 valence electrons. The lowest BCUT2D eigenvalue weighted by Gasteiger charge is -2.11. The highest BCUT2D eigenvalue weighted by Crippen LogP contribution is 2.27. The van der Waals surface area contributed by atoms with Crippen LogP contribution in [-0.4, -0.2) is 23.0 Å². The average Bonchev–Trinajstić information content (AvgIpc) is 2.55. The molecule has 0 fully saturated rings. The molecule has 0 aliphatic heterocycles. The summed E-state index contributed by atoms with van der Waals surface area (Å²) in [5, 5.41) is 7.84. The molecule has 3 amide bonds. The summed E-state index contributed by atoms with van der Waals surface area (Å²) in [6.45, 7) is 3.66. The van der Waals surface area contributed by atoms with Gasteiger partial charge in [-0.1, -0.05) is 0 Å². The van der Waals surface area contributed by atoms with Crippen molar-refractivity contribution in [3.63, 3.8) is 0 Å². The Kier molecular flexibility index (Phi) is 5.81. The van der Waals surface area contributed by atoms with E-state index in [1.807, 2.05) is 13.8 Å². The molecule has 0 unspecified atom stereocenters. The Bertz CT molecular complexity index is 772. The van der Waals surface area contributed by atoms with E-state index in [9.17, 15) is 22.8 Å². The van der Waals surface area contributed by atoms with Gasteiger partial charge in [0.15, 0.2) is 0 Å². The highest BCUT2D eigenvalue weighted by atomic mass is 19.4. The van der Waals surface area contributed by atoms with Crippen LogP contribution in [0.25, 0.3) is 0 Å². The fourth-order valence-corrected chi connectivity index (χ4v) is 1.97. The van der Waals surface area contributed by atoms with Crippen molar-refractivity contribution in [3.8, 4) is 0 Å². The maximum Gasteiger partial charge on any atom is 0.433 e. The zero-order chi connectivity index (χ0) is 19.3. The summed E-state index contributed by atoms with van der Waals surface area (Å²) in [5.74, 6) is -0.593. The first-order valence-electron chi connectivity index (χ1n) is 7.67. The van der Waals surface area contributed by atoms with E-state index in [0.717, 1.165) is 18.3 Å². The lowest BCUT2D eigenvalue weighted by atomic mass is 10.2. The van der Waals surface area contributed by atoms with Crippen molar-refractivity contribution in [1.29, 1.82) is 0 Å². The Morgan fingerprint density at radius 2 is 1.54 bits per heavy atom. The standard InChI is InChI=1S/C17H17F3N4O2/c1-10(2)22-16(26)24-13-6-4-12(5-7-13)23-15(25)11-3-8-14(21-9-11)17(18,19)20/h3-10H,1-2H3,(H,23,25)(H2,22,24,26). The molecule has 0 aliphatic rings. The molecule has 1 aromatic carbocycles. The van der Waals surface area contributed by atoms with Gasteiger partial charge in [0.05, 0.1) is 5.56 Å². The Balaban J connectivity index is 1.98. The van der Waals surface area contributed by atoms with Crippen LogP contribution >= 0.6 is 0 Å². The summed E-state index contributed by atoms with van der Waals surface area (Å²) in [6.07, 6.45) is -3.69. The van der Waals surface area contributed by atoms with Crippen LogP contribution in [0.5, 0.6) is 0 Å². The normalized spacial score (nSPS) is 11.2. The largest absolute Gasteiger partial charge is 0.433 e. The number of nitrogens with zero attached hydrogens (tertiary/aromatic N) is 1. The lowest BCUT2D eigenvalue weighted by Crippen LogP contribution is -2.34. The number of halogens is 3. The Morgan fingerprint density at radius 3 is 2.00 bits per heavy atom. The van der Waals surface area contributed by atoms with Gasteiger partial charge in [-0.3, -0.25) is 9.78 Å².